The molecular weight excluding hydrogens is 204 g/mol. The topological polar surface area (TPSA) is 41.6 Å². The number of hydrogen-bond acceptors (Lipinski definition) is 3. The van der Waals surface area contributed by atoms with E-state index >= 15 is 0 Å². The molecule has 0 radical (unpaired) electrons. The zero-order chi connectivity index (χ0) is 11.4. The molecule has 2 fully saturated rings. The van der Waals surface area contributed by atoms with Gasteiger partial charge < -0.3 is 15.0 Å². The summed E-state index contributed by atoms with van der Waals surface area (Å²) in [6.45, 7) is 6.27. The maximum Gasteiger partial charge on any atom is 0.253 e. The summed E-state index contributed by atoms with van der Waals surface area (Å²) >= 11 is 0. The zero-order valence-corrected chi connectivity index (χ0v) is 10.1. The van der Waals surface area contributed by atoms with Crippen LogP contribution in [0.25, 0.3) is 0 Å². The summed E-state index contributed by atoms with van der Waals surface area (Å²) < 4.78 is 5.51. The van der Waals surface area contributed by atoms with Gasteiger partial charge in [-0.3, -0.25) is 4.79 Å². The predicted octanol–water partition coefficient (Wildman–Crippen LogP) is 0.623. The van der Waals surface area contributed by atoms with E-state index in [1.165, 1.54) is 6.42 Å². The molecule has 4 nitrogen and oxygen atoms in total. The second-order valence-corrected chi connectivity index (χ2v) is 4.92. The molecule has 0 aromatic heterocycles. The Morgan fingerprint density at radius 3 is 3.00 bits per heavy atom. The van der Waals surface area contributed by atoms with Crippen molar-refractivity contribution in [1.29, 1.82) is 0 Å². The third kappa shape index (κ3) is 2.95. The average Bonchev–Trinajstić information content (AvgIpc) is 2.54. The molecule has 2 unspecified atom stereocenters. The fourth-order valence-corrected chi connectivity index (χ4v) is 2.41. The fourth-order valence-electron chi connectivity index (χ4n) is 2.41. The SMILES string of the molecule is CC1CCCN(C(=O)C2CNCCO2)CC1. The van der Waals surface area contributed by atoms with Crippen LogP contribution in [0.4, 0.5) is 0 Å². The van der Waals surface area contributed by atoms with Gasteiger partial charge in [-0.1, -0.05) is 6.92 Å². The number of rotatable bonds is 1. The summed E-state index contributed by atoms with van der Waals surface area (Å²) in [6, 6.07) is 0. The minimum atomic E-state index is -0.248. The molecule has 2 rings (SSSR count). The van der Waals surface area contributed by atoms with Crippen LogP contribution >= 0.6 is 0 Å². The second-order valence-electron chi connectivity index (χ2n) is 4.92. The molecular formula is C12H22N2O2. The molecule has 1 amide bonds. The van der Waals surface area contributed by atoms with Gasteiger partial charge in [0.2, 0.25) is 0 Å². The Bertz CT molecular complexity index is 239. The Morgan fingerprint density at radius 1 is 1.38 bits per heavy atom. The van der Waals surface area contributed by atoms with Gasteiger partial charge in [0.1, 0.15) is 6.10 Å². The van der Waals surface area contributed by atoms with Crippen LogP contribution in [0.5, 0.6) is 0 Å². The van der Waals surface area contributed by atoms with Gasteiger partial charge in [0.25, 0.3) is 5.91 Å². The van der Waals surface area contributed by atoms with Crippen molar-refractivity contribution in [2.45, 2.75) is 32.3 Å². The number of nitrogens with one attached hydrogen (secondary N) is 1. The summed E-state index contributed by atoms with van der Waals surface area (Å²) in [4.78, 5) is 14.2. The van der Waals surface area contributed by atoms with Crippen molar-refractivity contribution in [3.63, 3.8) is 0 Å². The molecule has 2 heterocycles. The standard InChI is InChI=1S/C12H22N2O2/c1-10-3-2-6-14(7-4-10)12(15)11-9-13-5-8-16-11/h10-11,13H,2-9H2,1H3. The predicted molar refractivity (Wildman–Crippen MR) is 62.2 cm³/mol. The number of ether oxygens (including phenoxy) is 1. The molecule has 0 aromatic carbocycles. The number of nitrogens with zero attached hydrogens (tertiary/aromatic N) is 1. The number of carbonyl (C=O) groups excluding carboxylic acids is 1. The Hall–Kier alpha value is -0.610. The molecule has 2 aliphatic heterocycles. The van der Waals surface area contributed by atoms with Crippen molar-refractivity contribution in [3.05, 3.63) is 0 Å². The van der Waals surface area contributed by atoms with Crippen LogP contribution in [0.1, 0.15) is 26.2 Å². The highest BCUT2D eigenvalue weighted by molar-refractivity contribution is 5.81. The van der Waals surface area contributed by atoms with Crippen molar-refractivity contribution in [2.24, 2.45) is 5.92 Å². The largest absolute Gasteiger partial charge is 0.366 e. The van der Waals surface area contributed by atoms with Crippen molar-refractivity contribution in [3.8, 4) is 0 Å². The first-order valence-electron chi connectivity index (χ1n) is 6.38. The van der Waals surface area contributed by atoms with Gasteiger partial charge in [0.15, 0.2) is 0 Å². The zero-order valence-electron chi connectivity index (χ0n) is 10.1. The molecule has 0 spiro atoms. The quantitative estimate of drug-likeness (QED) is 0.713. The first-order valence-corrected chi connectivity index (χ1v) is 6.38. The van der Waals surface area contributed by atoms with Gasteiger partial charge >= 0.3 is 0 Å². The van der Waals surface area contributed by atoms with Crippen LogP contribution in [-0.4, -0.2) is 49.7 Å². The number of amides is 1. The van der Waals surface area contributed by atoms with Crippen LogP contribution in [0.2, 0.25) is 0 Å². The highest BCUT2D eigenvalue weighted by atomic mass is 16.5. The van der Waals surface area contributed by atoms with Gasteiger partial charge in [-0.2, -0.15) is 0 Å². The van der Waals surface area contributed by atoms with Crippen molar-refractivity contribution in [1.82, 2.24) is 10.2 Å². The normalized spacial score (nSPS) is 32.2. The molecule has 2 aliphatic rings. The summed E-state index contributed by atoms with van der Waals surface area (Å²) in [7, 11) is 0. The highest BCUT2D eigenvalue weighted by Crippen LogP contribution is 2.17. The van der Waals surface area contributed by atoms with Crippen molar-refractivity contribution >= 4 is 5.91 Å². The lowest BCUT2D eigenvalue weighted by molar-refractivity contribution is -0.145. The number of carbonyl (C=O) groups is 1. The summed E-state index contributed by atoms with van der Waals surface area (Å²) in [5.74, 6) is 0.935. The first kappa shape index (κ1) is 11.9. The van der Waals surface area contributed by atoms with Gasteiger partial charge in [-0.25, -0.2) is 0 Å². The van der Waals surface area contributed by atoms with E-state index in [9.17, 15) is 4.79 Å². The van der Waals surface area contributed by atoms with Crippen LogP contribution in [0, 0.1) is 5.92 Å². The summed E-state index contributed by atoms with van der Waals surface area (Å²) in [6.07, 6.45) is 3.26. The van der Waals surface area contributed by atoms with Crippen molar-refractivity contribution < 1.29 is 9.53 Å². The molecule has 0 bridgehead atoms. The van der Waals surface area contributed by atoms with Crippen LogP contribution in [-0.2, 0) is 9.53 Å². The molecule has 0 aliphatic carbocycles. The fraction of sp³-hybridized carbons (Fsp3) is 0.917. The van der Waals surface area contributed by atoms with E-state index in [4.69, 9.17) is 4.74 Å². The number of hydrogen-bond donors (Lipinski definition) is 1. The maximum atomic E-state index is 12.2. The highest BCUT2D eigenvalue weighted by Gasteiger charge is 2.27. The van der Waals surface area contributed by atoms with E-state index in [1.807, 2.05) is 4.90 Å². The van der Waals surface area contributed by atoms with E-state index in [1.54, 1.807) is 0 Å². The molecule has 4 heteroatoms. The number of likely N-dealkylation sites (tertiary alicyclic amines) is 1. The molecule has 0 saturated carbocycles. The van der Waals surface area contributed by atoms with E-state index in [-0.39, 0.29) is 12.0 Å². The van der Waals surface area contributed by atoms with Gasteiger partial charge in [0.05, 0.1) is 6.61 Å². The van der Waals surface area contributed by atoms with Crippen LogP contribution in [0.15, 0.2) is 0 Å². The van der Waals surface area contributed by atoms with E-state index < -0.39 is 0 Å². The van der Waals surface area contributed by atoms with E-state index in [2.05, 4.69) is 12.2 Å². The Kier molecular flexibility index (Phi) is 4.18. The minimum Gasteiger partial charge on any atom is -0.366 e. The van der Waals surface area contributed by atoms with Gasteiger partial charge in [0, 0.05) is 26.2 Å². The van der Waals surface area contributed by atoms with E-state index in [0.29, 0.717) is 13.2 Å². The third-order valence-electron chi connectivity index (χ3n) is 3.53. The number of morpholine rings is 1. The maximum absolute atomic E-state index is 12.2. The monoisotopic (exact) mass is 226 g/mol. The van der Waals surface area contributed by atoms with E-state index in [0.717, 1.165) is 38.4 Å². The van der Waals surface area contributed by atoms with Gasteiger partial charge in [-0.15, -0.1) is 0 Å². The minimum absolute atomic E-state index is 0.182. The van der Waals surface area contributed by atoms with Crippen molar-refractivity contribution in [2.75, 3.05) is 32.8 Å². The van der Waals surface area contributed by atoms with Crippen LogP contribution < -0.4 is 5.32 Å². The molecule has 92 valence electrons. The molecule has 0 aromatic rings. The Labute approximate surface area is 97.3 Å². The smallest absolute Gasteiger partial charge is 0.253 e. The lowest BCUT2D eigenvalue weighted by Gasteiger charge is -2.29. The van der Waals surface area contributed by atoms with Crippen LogP contribution in [0.3, 0.4) is 0 Å². The lowest BCUT2D eigenvalue weighted by Crippen LogP contribution is -2.49. The molecule has 2 atom stereocenters. The molecule has 16 heavy (non-hydrogen) atoms. The summed E-state index contributed by atoms with van der Waals surface area (Å²) in [5, 5.41) is 3.21. The Balaban J connectivity index is 1.87. The lowest BCUT2D eigenvalue weighted by atomic mass is 10.0. The second kappa shape index (κ2) is 5.64. The first-order chi connectivity index (χ1) is 7.77. The summed E-state index contributed by atoms with van der Waals surface area (Å²) in [5.41, 5.74) is 0. The molecule has 2 saturated heterocycles. The third-order valence-corrected chi connectivity index (χ3v) is 3.53. The average molecular weight is 226 g/mol. The van der Waals surface area contributed by atoms with Gasteiger partial charge in [-0.05, 0) is 25.2 Å². The Morgan fingerprint density at radius 2 is 2.25 bits per heavy atom. The molecule has 1 N–H and O–H groups in total.